The maximum Gasteiger partial charge on any atom is 0.124 e. The highest BCUT2D eigenvalue weighted by molar-refractivity contribution is 5.39. The minimum Gasteiger partial charge on any atom is -0.507 e. The molecular weight excluding hydrogens is 161 g/mol. The monoisotopic (exact) mass is 171 g/mol. The lowest BCUT2D eigenvalue weighted by Crippen LogP contribution is -2.00. The zero-order chi connectivity index (χ0) is 9.14. The number of hydrogen-bond acceptors (Lipinski definition) is 3. The summed E-state index contributed by atoms with van der Waals surface area (Å²) in [7, 11) is 0. The fourth-order valence-electron chi connectivity index (χ4n) is 1.00. The zero-order valence-corrected chi connectivity index (χ0v) is 6.67. The fraction of sp³-hybridized carbons (Fsp3) is 0.250. The van der Waals surface area contributed by atoms with Crippen molar-refractivity contribution < 1.29 is 14.3 Å². The molecule has 0 aliphatic rings. The van der Waals surface area contributed by atoms with E-state index in [2.05, 4.69) is 4.84 Å². The molecule has 0 aliphatic heterocycles. The Kier molecular flexibility index (Phi) is 2.62. The van der Waals surface area contributed by atoms with E-state index >= 15 is 0 Å². The van der Waals surface area contributed by atoms with Crippen LogP contribution in [0.4, 0.5) is 4.39 Å². The second-order valence-corrected chi connectivity index (χ2v) is 2.54. The number of benzene rings is 1. The molecule has 0 heterocycles. The van der Waals surface area contributed by atoms with Crippen LogP contribution in [0.5, 0.6) is 5.75 Å². The molecule has 0 fully saturated rings. The summed E-state index contributed by atoms with van der Waals surface area (Å²) in [6.45, 7) is 1.61. The van der Waals surface area contributed by atoms with Crippen LogP contribution in [0.25, 0.3) is 0 Å². The van der Waals surface area contributed by atoms with Crippen molar-refractivity contribution in [2.45, 2.75) is 13.5 Å². The Labute approximate surface area is 69.5 Å². The summed E-state index contributed by atoms with van der Waals surface area (Å²) >= 11 is 0. The van der Waals surface area contributed by atoms with Gasteiger partial charge in [0.2, 0.25) is 0 Å². The topological polar surface area (TPSA) is 55.5 Å². The molecule has 0 saturated carbocycles. The summed E-state index contributed by atoms with van der Waals surface area (Å²) in [5, 5.41) is 9.35. The molecule has 0 saturated heterocycles. The predicted octanol–water partition coefficient (Wildman–Crippen LogP) is 1.23. The van der Waals surface area contributed by atoms with Gasteiger partial charge in [0.05, 0.1) is 6.61 Å². The van der Waals surface area contributed by atoms with Gasteiger partial charge >= 0.3 is 0 Å². The van der Waals surface area contributed by atoms with Crippen LogP contribution in [0, 0.1) is 12.7 Å². The molecule has 1 aromatic rings. The van der Waals surface area contributed by atoms with E-state index in [0.717, 1.165) is 0 Å². The second kappa shape index (κ2) is 3.51. The van der Waals surface area contributed by atoms with Crippen LogP contribution in [-0.4, -0.2) is 5.11 Å². The molecule has 4 heteroatoms. The first-order valence-electron chi connectivity index (χ1n) is 3.45. The van der Waals surface area contributed by atoms with Gasteiger partial charge < -0.3 is 5.11 Å². The fourth-order valence-corrected chi connectivity index (χ4v) is 1.00. The van der Waals surface area contributed by atoms with E-state index in [1.54, 1.807) is 6.92 Å². The van der Waals surface area contributed by atoms with Gasteiger partial charge in [0.1, 0.15) is 11.6 Å². The van der Waals surface area contributed by atoms with Gasteiger partial charge in [-0.2, -0.15) is 0 Å². The van der Waals surface area contributed by atoms with Crippen molar-refractivity contribution in [3.05, 3.63) is 29.1 Å². The Morgan fingerprint density at radius 2 is 2.25 bits per heavy atom. The van der Waals surface area contributed by atoms with Crippen LogP contribution in [-0.2, 0) is 11.4 Å². The molecule has 1 aromatic carbocycles. The zero-order valence-electron chi connectivity index (χ0n) is 6.67. The average Bonchev–Trinajstić information content (AvgIpc) is 2.00. The van der Waals surface area contributed by atoms with Crippen molar-refractivity contribution in [2.24, 2.45) is 5.90 Å². The highest BCUT2D eigenvalue weighted by Gasteiger charge is 2.06. The van der Waals surface area contributed by atoms with Crippen molar-refractivity contribution in [3.8, 4) is 5.75 Å². The predicted molar refractivity (Wildman–Crippen MR) is 41.8 cm³/mol. The molecule has 0 spiro atoms. The van der Waals surface area contributed by atoms with Crippen molar-refractivity contribution in [2.75, 3.05) is 0 Å². The number of hydrogen-bond donors (Lipinski definition) is 2. The van der Waals surface area contributed by atoms with Gasteiger partial charge in [0.25, 0.3) is 0 Å². The van der Waals surface area contributed by atoms with E-state index in [1.165, 1.54) is 12.1 Å². The van der Waals surface area contributed by atoms with Crippen LogP contribution in [0.2, 0.25) is 0 Å². The number of phenolic OH excluding ortho intramolecular Hbond substituents is 1. The van der Waals surface area contributed by atoms with Crippen molar-refractivity contribution in [3.63, 3.8) is 0 Å². The number of halogens is 1. The molecule has 0 radical (unpaired) electrons. The molecule has 66 valence electrons. The van der Waals surface area contributed by atoms with Crippen molar-refractivity contribution >= 4 is 0 Å². The summed E-state index contributed by atoms with van der Waals surface area (Å²) in [6.07, 6.45) is 0. The molecule has 3 nitrogen and oxygen atoms in total. The third-order valence-electron chi connectivity index (χ3n) is 1.58. The highest BCUT2D eigenvalue weighted by atomic mass is 19.1. The second-order valence-electron chi connectivity index (χ2n) is 2.54. The number of nitrogens with two attached hydrogens (primary N) is 1. The lowest BCUT2D eigenvalue weighted by molar-refractivity contribution is 0.122. The SMILES string of the molecule is Cc1cc(F)cc(CON)c1O. The summed E-state index contributed by atoms with van der Waals surface area (Å²) in [5.41, 5.74) is 0.831. The molecular formula is C8H10FNO2. The number of aryl methyl sites for hydroxylation is 1. The minimum absolute atomic E-state index is 0.00440. The smallest absolute Gasteiger partial charge is 0.124 e. The molecule has 0 amide bonds. The van der Waals surface area contributed by atoms with E-state index in [9.17, 15) is 9.50 Å². The summed E-state index contributed by atoms with van der Waals surface area (Å²) in [5.74, 6) is 4.42. The van der Waals surface area contributed by atoms with E-state index in [-0.39, 0.29) is 12.4 Å². The molecule has 0 atom stereocenters. The Balaban J connectivity index is 3.09. The van der Waals surface area contributed by atoms with Gasteiger partial charge in [0, 0.05) is 5.56 Å². The number of phenols is 1. The first-order valence-corrected chi connectivity index (χ1v) is 3.45. The maximum absolute atomic E-state index is 12.7. The molecule has 3 N–H and O–H groups in total. The molecule has 1 rings (SSSR count). The van der Waals surface area contributed by atoms with E-state index < -0.39 is 5.82 Å². The average molecular weight is 171 g/mol. The summed E-state index contributed by atoms with van der Waals surface area (Å²) in [4.78, 5) is 4.29. The highest BCUT2D eigenvalue weighted by Crippen LogP contribution is 2.23. The summed E-state index contributed by atoms with van der Waals surface area (Å²) in [6, 6.07) is 2.44. The molecule has 12 heavy (non-hydrogen) atoms. The van der Waals surface area contributed by atoms with Crippen molar-refractivity contribution in [1.82, 2.24) is 0 Å². The van der Waals surface area contributed by atoms with Gasteiger partial charge in [-0.25, -0.2) is 10.3 Å². The van der Waals surface area contributed by atoms with Crippen LogP contribution in [0.15, 0.2) is 12.1 Å². The quantitative estimate of drug-likeness (QED) is 0.658. The lowest BCUT2D eigenvalue weighted by atomic mass is 10.1. The van der Waals surface area contributed by atoms with Crippen LogP contribution >= 0.6 is 0 Å². The third-order valence-corrected chi connectivity index (χ3v) is 1.58. The number of aromatic hydroxyl groups is 1. The molecule has 0 aliphatic carbocycles. The largest absolute Gasteiger partial charge is 0.507 e. The third kappa shape index (κ3) is 1.72. The van der Waals surface area contributed by atoms with E-state index in [4.69, 9.17) is 5.90 Å². The number of rotatable bonds is 2. The Morgan fingerprint density at radius 3 is 2.83 bits per heavy atom. The molecule has 0 aromatic heterocycles. The summed E-state index contributed by atoms with van der Waals surface area (Å²) < 4.78 is 12.7. The maximum atomic E-state index is 12.7. The first-order chi connectivity index (χ1) is 5.65. The Hall–Kier alpha value is -1.13. The van der Waals surface area contributed by atoms with Crippen LogP contribution in [0.3, 0.4) is 0 Å². The van der Waals surface area contributed by atoms with Gasteiger partial charge in [0.15, 0.2) is 0 Å². The van der Waals surface area contributed by atoms with Crippen LogP contribution in [0.1, 0.15) is 11.1 Å². The van der Waals surface area contributed by atoms with Crippen molar-refractivity contribution in [1.29, 1.82) is 0 Å². The van der Waals surface area contributed by atoms with Gasteiger partial charge in [-0.3, -0.25) is 4.84 Å². The Bertz CT molecular complexity index is 289. The Morgan fingerprint density at radius 1 is 1.58 bits per heavy atom. The van der Waals surface area contributed by atoms with Gasteiger partial charge in [-0.1, -0.05) is 0 Å². The van der Waals surface area contributed by atoms with Gasteiger partial charge in [-0.05, 0) is 24.6 Å². The molecule has 0 bridgehead atoms. The van der Waals surface area contributed by atoms with Crippen LogP contribution < -0.4 is 5.90 Å². The van der Waals surface area contributed by atoms with E-state index in [0.29, 0.717) is 11.1 Å². The lowest BCUT2D eigenvalue weighted by Gasteiger charge is -2.05. The minimum atomic E-state index is -0.405. The molecule has 0 unspecified atom stereocenters. The first kappa shape index (κ1) is 8.96. The normalized spacial score (nSPS) is 10.2. The van der Waals surface area contributed by atoms with E-state index in [1.807, 2.05) is 0 Å². The van der Waals surface area contributed by atoms with Gasteiger partial charge in [-0.15, -0.1) is 0 Å². The standard InChI is InChI=1S/C8H10FNO2/c1-5-2-7(9)3-6(4-12-10)8(5)11/h2-3,11H,4,10H2,1H3.